The van der Waals surface area contributed by atoms with Crippen LogP contribution in [0.2, 0.25) is 0 Å². The molecule has 0 bridgehead atoms. The van der Waals surface area contributed by atoms with Gasteiger partial charge in [-0.15, -0.1) is 0 Å². The topological polar surface area (TPSA) is 68.5 Å². The van der Waals surface area contributed by atoms with E-state index in [0.29, 0.717) is 22.4 Å². The van der Waals surface area contributed by atoms with Crippen LogP contribution in [0.5, 0.6) is 5.75 Å². The minimum atomic E-state index is -0.503. The van der Waals surface area contributed by atoms with E-state index in [1.807, 2.05) is 24.3 Å². The van der Waals surface area contributed by atoms with Crippen molar-refractivity contribution in [2.75, 3.05) is 12.4 Å². The lowest BCUT2D eigenvalue weighted by molar-refractivity contribution is -0.115. The lowest BCUT2D eigenvalue weighted by Crippen LogP contribution is -2.16. The third-order valence-electron chi connectivity index (χ3n) is 3.47. The fourth-order valence-corrected chi connectivity index (χ4v) is 2.43. The van der Waals surface area contributed by atoms with Crippen LogP contribution in [0.4, 0.5) is 5.69 Å². The Kier molecular flexibility index (Phi) is 4.10. The Morgan fingerprint density at radius 2 is 1.87 bits per heavy atom. The maximum absolute atomic E-state index is 12.3. The Hall–Kier alpha value is -3.08. The van der Waals surface area contributed by atoms with Crippen LogP contribution in [0.1, 0.15) is 5.56 Å². The van der Waals surface area contributed by atoms with Gasteiger partial charge in [0.1, 0.15) is 11.3 Å². The number of carbonyl (C=O) groups excluding carboxylic acids is 1. The third-order valence-corrected chi connectivity index (χ3v) is 3.47. The summed E-state index contributed by atoms with van der Waals surface area (Å²) in [5, 5.41) is 3.45. The molecule has 0 unspecified atom stereocenters. The molecular formula is C18H15NO4. The Balaban J connectivity index is 1.87. The summed E-state index contributed by atoms with van der Waals surface area (Å²) in [6.45, 7) is 0. The van der Waals surface area contributed by atoms with E-state index in [1.54, 1.807) is 31.4 Å². The Morgan fingerprint density at radius 3 is 2.70 bits per heavy atom. The maximum Gasteiger partial charge on any atom is 0.338 e. The first-order valence-electron chi connectivity index (χ1n) is 7.12. The molecule has 0 spiro atoms. The van der Waals surface area contributed by atoms with Gasteiger partial charge in [-0.3, -0.25) is 4.79 Å². The van der Waals surface area contributed by atoms with Crippen molar-refractivity contribution in [2.45, 2.75) is 6.42 Å². The van der Waals surface area contributed by atoms with Crippen molar-refractivity contribution in [2.24, 2.45) is 0 Å². The highest BCUT2D eigenvalue weighted by atomic mass is 16.5. The first-order chi connectivity index (χ1) is 11.2. The standard InChI is InChI=1S/C18H15NO4/c1-22-15-8-4-2-6-12(15)10-17(20)19-14-11-18(21)23-16-9-5-3-7-13(14)16/h2-9,11H,10H2,1H3,(H,19,20). The number of ether oxygens (including phenoxy) is 1. The number of nitrogens with one attached hydrogen (secondary N) is 1. The summed E-state index contributed by atoms with van der Waals surface area (Å²) in [7, 11) is 1.56. The lowest BCUT2D eigenvalue weighted by Gasteiger charge is -2.10. The second-order valence-corrected chi connectivity index (χ2v) is 5.01. The van der Waals surface area contributed by atoms with Crippen molar-refractivity contribution in [3.05, 3.63) is 70.6 Å². The fraction of sp³-hybridized carbons (Fsp3) is 0.111. The van der Waals surface area contributed by atoms with E-state index in [0.717, 1.165) is 5.56 Å². The maximum atomic E-state index is 12.3. The van der Waals surface area contributed by atoms with Crippen molar-refractivity contribution in [3.8, 4) is 5.75 Å². The summed E-state index contributed by atoms with van der Waals surface area (Å²) in [6.07, 6.45) is 0.151. The molecule has 1 N–H and O–H groups in total. The first kappa shape index (κ1) is 14.8. The van der Waals surface area contributed by atoms with Crippen LogP contribution in [-0.2, 0) is 11.2 Å². The predicted molar refractivity (Wildman–Crippen MR) is 87.8 cm³/mol. The third kappa shape index (κ3) is 3.23. The molecule has 1 amide bonds. The smallest absolute Gasteiger partial charge is 0.338 e. The Bertz CT molecular complexity index is 914. The van der Waals surface area contributed by atoms with Gasteiger partial charge in [-0.05, 0) is 18.2 Å². The van der Waals surface area contributed by atoms with E-state index in [2.05, 4.69) is 5.32 Å². The fourth-order valence-electron chi connectivity index (χ4n) is 2.43. The summed E-state index contributed by atoms with van der Waals surface area (Å²) >= 11 is 0. The number of para-hydroxylation sites is 2. The van der Waals surface area contributed by atoms with Gasteiger partial charge in [0.05, 0.1) is 19.2 Å². The minimum Gasteiger partial charge on any atom is -0.496 e. The summed E-state index contributed by atoms with van der Waals surface area (Å²) in [5.41, 5.74) is 1.15. The van der Waals surface area contributed by atoms with Gasteiger partial charge in [-0.25, -0.2) is 4.79 Å². The summed E-state index contributed by atoms with van der Waals surface area (Å²) in [5.74, 6) is 0.422. The minimum absolute atomic E-state index is 0.151. The van der Waals surface area contributed by atoms with E-state index in [9.17, 15) is 9.59 Å². The van der Waals surface area contributed by atoms with Gasteiger partial charge in [0.25, 0.3) is 0 Å². The van der Waals surface area contributed by atoms with Gasteiger partial charge in [0, 0.05) is 17.0 Å². The van der Waals surface area contributed by atoms with Crippen LogP contribution < -0.4 is 15.7 Å². The zero-order valence-electron chi connectivity index (χ0n) is 12.5. The predicted octanol–water partition coefficient (Wildman–Crippen LogP) is 2.98. The van der Waals surface area contributed by atoms with Crippen LogP contribution in [0.25, 0.3) is 11.0 Å². The molecule has 116 valence electrons. The SMILES string of the molecule is COc1ccccc1CC(=O)Nc1cc(=O)oc2ccccc12. The van der Waals surface area contributed by atoms with E-state index < -0.39 is 5.63 Å². The van der Waals surface area contributed by atoms with Gasteiger partial charge in [0.15, 0.2) is 0 Å². The number of hydrogen-bond acceptors (Lipinski definition) is 4. The molecule has 3 aromatic rings. The molecule has 0 saturated heterocycles. The molecule has 0 aliphatic carbocycles. The normalized spacial score (nSPS) is 10.5. The Labute approximate surface area is 132 Å². The highest BCUT2D eigenvalue weighted by Crippen LogP contribution is 2.22. The van der Waals surface area contributed by atoms with Crippen LogP contribution in [0.15, 0.2) is 63.8 Å². The second-order valence-electron chi connectivity index (χ2n) is 5.01. The van der Waals surface area contributed by atoms with E-state index in [4.69, 9.17) is 9.15 Å². The van der Waals surface area contributed by atoms with Gasteiger partial charge in [0.2, 0.25) is 5.91 Å². The largest absolute Gasteiger partial charge is 0.496 e. The van der Waals surface area contributed by atoms with Crippen LogP contribution >= 0.6 is 0 Å². The van der Waals surface area contributed by atoms with Crippen LogP contribution in [0, 0.1) is 0 Å². The average molecular weight is 309 g/mol. The number of benzene rings is 2. The summed E-state index contributed by atoms with van der Waals surface area (Å²) in [6, 6.07) is 15.7. The highest BCUT2D eigenvalue weighted by molar-refractivity contribution is 6.00. The van der Waals surface area contributed by atoms with Gasteiger partial charge in [-0.1, -0.05) is 30.3 Å². The van der Waals surface area contributed by atoms with Crippen molar-refractivity contribution < 1.29 is 13.9 Å². The number of amides is 1. The molecule has 0 radical (unpaired) electrons. The highest BCUT2D eigenvalue weighted by Gasteiger charge is 2.11. The van der Waals surface area contributed by atoms with E-state index >= 15 is 0 Å². The molecule has 0 fully saturated rings. The monoisotopic (exact) mass is 309 g/mol. The van der Waals surface area contributed by atoms with E-state index in [-0.39, 0.29) is 12.3 Å². The quantitative estimate of drug-likeness (QED) is 0.752. The van der Waals surface area contributed by atoms with Gasteiger partial charge < -0.3 is 14.5 Å². The zero-order chi connectivity index (χ0) is 16.2. The molecule has 0 aliphatic rings. The van der Waals surface area contributed by atoms with Crippen molar-refractivity contribution >= 4 is 22.6 Å². The summed E-state index contributed by atoms with van der Waals surface area (Å²) < 4.78 is 10.4. The molecule has 2 aromatic carbocycles. The molecule has 5 nitrogen and oxygen atoms in total. The molecule has 1 aromatic heterocycles. The summed E-state index contributed by atoms with van der Waals surface area (Å²) in [4.78, 5) is 23.9. The number of anilines is 1. The molecule has 0 atom stereocenters. The number of hydrogen-bond donors (Lipinski definition) is 1. The Morgan fingerprint density at radius 1 is 1.13 bits per heavy atom. The van der Waals surface area contributed by atoms with Gasteiger partial charge >= 0.3 is 5.63 Å². The van der Waals surface area contributed by atoms with Crippen molar-refractivity contribution in [1.29, 1.82) is 0 Å². The van der Waals surface area contributed by atoms with Crippen molar-refractivity contribution in [3.63, 3.8) is 0 Å². The number of fused-ring (bicyclic) bond motifs is 1. The average Bonchev–Trinajstić information content (AvgIpc) is 2.55. The molecule has 23 heavy (non-hydrogen) atoms. The molecule has 1 heterocycles. The number of methoxy groups -OCH3 is 1. The number of rotatable bonds is 4. The van der Waals surface area contributed by atoms with Crippen molar-refractivity contribution in [1.82, 2.24) is 0 Å². The first-order valence-corrected chi connectivity index (χ1v) is 7.12. The lowest BCUT2D eigenvalue weighted by atomic mass is 10.1. The number of carbonyl (C=O) groups is 1. The molecule has 3 rings (SSSR count). The molecule has 5 heteroatoms. The molecular weight excluding hydrogens is 294 g/mol. The second kappa shape index (κ2) is 6.36. The van der Waals surface area contributed by atoms with Crippen LogP contribution in [0.3, 0.4) is 0 Å². The zero-order valence-corrected chi connectivity index (χ0v) is 12.5. The molecule has 0 aliphatic heterocycles. The van der Waals surface area contributed by atoms with Crippen LogP contribution in [-0.4, -0.2) is 13.0 Å². The molecule has 0 saturated carbocycles. The van der Waals surface area contributed by atoms with Gasteiger partial charge in [-0.2, -0.15) is 0 Å². The van der Waals surface area contributed by atoms with E-state index in [1.165, 1.54) is 6.07 Å².